The number of nitrogens with zero attached hydrogens (tertiary/aromatic N) is 2. The fourth-order valence-corrected chi connectivity index (χ4v) is 5.65. The molecule has 2 aliphatic heterocycles. The van der Waals surface area contributed by atoms with Crippen LogP contribution in [-0.2, 0) is 4.79 Å². The highest BCUT2D eigenvalue weighted by Gasteiger charge is 2.43. The molecule has 4 nitrogen and oxygen atoms in total. The topological polar surface area (TPSA) is 32.8 Å². The molecule has 4 atom stereocenters. The van der Waals surface area contributed by atoms with Crippen molar-refractivity contribution in [2.45, 2.75) is 64.0 Å². The van der Waals surface area contributed by atoms with Gasteiger partial charge in [0.05, 0.1) is 6.17 Å². The molecule has 0 radical (unpaired) electrons. The van der Waals surface area contributed by atoms with Crippen LogP contribution in [0.3, 0.4) is 0 Å². The summed E-state index contributed by atoms with van der Waals surface area (Å²) in [7, 11) is 4.37. The molecular weight excluding hydrogens is 324 g/mol. The lowest BCUT2D eigenvalue weighted by Crippen LogP contribution is -2.39. The zero-order chi connectivity index (χ0) is 18.3. The lowest BCUT2D eigenvalue weighted by molar-refractivity contribution is -0.136. The van der Waals surface area contributed by atoms with E-state index in [2.05, 4.69) is 43.0 Å². The van der Waals surface area contributed by atoms with Gasteiger partial charge in [0, 0.05) is 31.6 Å². The quantitative estimate of drug-likeness (QED) is 0.591. The summed E-state index contributed by atoms with van der Waals surface area (Å²) < 4.78 is 5.77. The monoisotopic (exact) mass is 356 g/mol. The third-order valence-electron chi connectivity index (χ3n) is 7.03. The van der Waals surface area contributed by atoms with Crippen LogP contribution in [0.1, 0.15) is 63.4 Å². The normalized spacial score (nSPS) is 31.0. The first-order chi connectivity index (χ1) is 12.6. The minimum absolute atomic E-state index is 0.0539. The highest BCUT2D eigenvalue weighted by atomic mass is 16.5. The van der Waals surface area contributed by atoms with Crippen LogP contribution in [0.2, 0.25) is 0 Å². The van der Waals surface area contributed by atoms with Gasteiger partial charge in [-0.15, -0.1) is 0 Å². The predicted octanol–water partition coefficient (Wildman–Crippen LogP) is 4.39. The summed E-state index contributed by atoms with van der Waals surface area (Å²) in [6, 6.07) is 6.21. The van der Waals surface area contributed by atoms with E-state index in [1.54, 1.807) is 0 Å². The number of esters is 1. The molecule has 0 amide bonds. The first kappa shape index (κ1) is 17.8. The molecule has 2 fully saturated rings. The zero-order valence-electron chi connectivity index (χ0n) is 16.4. The number of benzene rings is 1. The fraction of sp³-hybridized carbons (Fsp3) is 0.682. The van der Waals surface area contributed by atoms with E-state index in [0.717, 1.165) is 12.3 Å². The highest BCUT2D eigenvalue weighted by Crippen LogP contribution is 2.47. The number of ether oxygens (including phenoxy) is 1. The van der Waals surface area contributed by atoms with Crippen LogP contribution in [-0.4, -0.2) is 37.7 Å². The molecule has 0 N–H and O–H groups in total. The Morgan fingerprint density at radius 1 is 1.15 bits per heavy atom. The minimum Gasteiger partial charge on any atom is -0.427 e. The molecule has 1 saturated heterocycles. The van der Waals surface area contributed by atoms with E-state index in [1.807, 2.05) is 6.07 Å². The average Bonchev–Trinajstić information content (AvgIpc) is 3.15. The van der Waals surface area contributed by atoms with Crippen LogP contribution < -0.4 is 9.64 Å². The van der Waals surface area contributed by atoms with Crippen molar-refractivity contribution in [3.63, 3.8) is 0 Å². The molecule has 1 aromatic rings. The number of likely N-dealkylation sites (tertiary alicyclic amines) is 1. The van der Waals surface area contributed by atoms with Crippen molar-refractivity contribution in [1.29, 1.82) is 0 Å². The number of carbonyl (C=O) groups excluding carboxylic acids is 1. The summed E-state index contributed by atoms with van der Waals surface area (Å²) >= 11 is 0. The molecule has 0 bridgehead atoms. The van der Waals surface area contributed by atoms with Crippen LogP contribution in [0, 0.1) is 11.8 Å². The van der Waals surface area contributed by atoms with Gasteiger partial charge < -0.3 is 9.64 Å². The first-order valence-corrected chi connectivity index (χ1v) is 10.4. The van der Waals surface area contributed by atoms with Crippen molar-refractivity contribution in [3.8, 4) is 5.75 Å². The Morgan fingerprint density at radius 3 is 2.69 bits per heavy atom. The Balaban J connectivity index is 1.44. The van der Waals surface area contributed by atoms with Gasteiger partial charge in [0.1, 0.15) is 5.75 Å². The Hall–Kier alpha value is -1.55. The molecule has 4 rings (SSSR count). The van der Waals surface area contributed by atoms with Crippen molar-refractivity contribution >= 4 is 11.7 Å². The summed E-state index contributed by atoms with van der Waals surface area (Å²) in [6.45, 7) is 3.38. The second kappa shape index (κ2) is 7.22. The summed E-state index contributed by atoms with van der Waals surface area (Å²) in [5.41, 5.74) is 2.63. The summed E-state index contributed by atoms with van der Waals surface area (Å²) in [6.07, 6.45) is 8.41. The molecule has 2 heterocycles. The van der Waals surface area contributed by atoms with Gasteiger partial charge in [-0.25, -0.2) is 0 Å². The van der Waals surface area contributed by atoms with Gasteiger partial charge >= 0.3 is 5.97 Å². The van der Waals surface area contributed by atoms with Gasteiger partial charge in [-0.05, 0) is 55.5 Å². The SMILES string of the molecule is CCC1CCCCC1CC(=O)Oc1ccc2c(c1)C1CCN(C)C1N2C. The second-order valence-electron chi connectivity index (χ2n) is 8.51. The van der Waals surface area contributed by atoms with E-state index in [4.69, 9.17) is 4.74 Å². The van der Waals surface area contributed by atoms with Gasteiger partial charge in [0.15, 0.2) is 0 Å². The minimum atomic E-state index is -0.0539. The highest BCUT2D eigenvalue weighted by molar-refractivity contribution is 5.73. The number of hydrogen-bond donors (Lipinski definition) is 0. The van der Waals surface area contributed by atoms with Gasteiger partial charge in [-0.3, -0.25) is 9.69 Å². The van der Waals surface area contributed by atoms with Gasteiger partial charge in [0.25, 0.3) is 0 Å². The molecule has 26 heavy (non-hydrogen) atoms. The molecule has 1 aromatic carbocycles. The van der Waals surface area contributed by atoms with Crippen molar-refractivity contribution in [3.05, 3.63) is 23.8 Å². The Labute approximate surface area is 157 Å². The maximum Gasteiger partial charge on any atom is 0.311 e. The van der Waals surface area contributed by atoms with E-state index in [9.17, 15) is 4.79 Å². The Kier molecular flexibility index (Phi) is 4.96. The smallest absolute Gasteiger partial charge is 0.311 e. The number of carbonyl (C=O) groups is 1. The summed E-state index contributed by atoms with van der Waals surface area (Å²) in [5.74, 6) is 2.40. The first-order valence-electron chi connectivity index (χ1n) is 10.4. The van der Waals surface area contributed by atoms with Crippen LogP contribution in [0.4, 0.5) is 5.69 Å². The molecule has 1 saturated carbocycles. The van der Waals surface area contributed by atoms with Crippen molar-refractivity contribution < 1.29 is 9.53 Å². The molecule has 0 aromatic heterocycles. The number of hydrogen-bond acceptors (Lipinski definition) is 4. The maximum absolute atomic E-state index is 12.5. The number of fused-ring (bicyclic) bond motifs is 3. The number of likely N-dealkylation sites (N-methyl/N-ethyl adjacent to an activating group) is 2. The van der Waals surface area contributed by atoms with Crippen LogP contribution in [0.25, 0.3) is 0 Å². The van der Waals surface area contributed by atoms with E-state index in [-0.39, 0.29) is 5.97 Å². The lowest BCUT2D eigenvalue weighted by Gasteiger charge is -2.30. The molecular formula is C22H32N2O2. The molecule has 4 unspecified atom stereocenters. The molecule has 3 aliphatic rings. The number of anilines is 1. The predicted molar refractivity (Wildman–Crippen MR) is 105 cm³/mol. The van der Waals surface area contributed by atoms with E-state index in [0.29, 0.717) is 30.3 Å². The standard InChI is InChI=1S/C22H32N2O2/c1-4-15-7-5-6-8-16(15)13-21(25)26-17-9-10-20-19(14-17)18-11-12-23(2)22(18)24(20)3/h9-10,14-16,18,22H,4-8,11-13H2,1-3H3. The van der Waals surface area contributed by atoms with Crippen LogP contribution in [0.15, 0.2) is 18.2 Å². The second-order valence-corrected chi connectivity index (χ2v) is 8.51. The van der Waals surface area contributed by atoms with Gasteiger partial charge in [-0.2, -0.15) is 0 Å². The van der Waals surface area contributed by atoms with Crippen LogP contribution in [0.5, 0.6) is 5.75 Å². The van der Waals surface area contributed by atoms with Gasteiger partial charge in [0.2, 0.25) is 0 Å². The molecule has 4 heteroatoms. The molecule has 142 valence electrons. The van der Waals surface area contributed by atoms with E-state index in [1.165, 1.54) is 49.8 Å². The maximum atomic E-state index is 12.5. The average molecular weight is 357 g/mol. The van der Waals surface area contributed by atoms with Crippen molar-refractivity contribution in [2.24, 2.45) is 11.8 Å². The van der Waals surface area contributed by atoms with Crippen molar-refractivity contribution in [1.82, 2.24) is 4.90 Å². The third kappa shape index (κ3) is 3.13. The molecule has 0 spiro atoms. The van der Waals surface area contributed by atoms with Crippen LogP contribution >= 0.6 is 0 Å². The van der Waals surface area contributed by atoms with E-state index < -0.39 is 0 Å². The molecule has 1 aliphatic carbocycles. The summed E-state index contributed by atoms with van der Waals surface area (Å²) in [5, 5.41) is 0. The van der Waals surface area contributed by atoms with Crippen molar-refractivity contribution in [2.75, 3.05) is 25.5 Å². The number of rotatable bonds is 4. The largest absolute Gasteiger partial charge is 0.427 e. The Morgan fingerprint density at radius 2 is 1.92 bits per heavy atom. The fourth-order valence-electron chi connectivity index (χ4n) is 5.65. The third-order valence-corrected chi connectivity index (χ3v) is 7.03. The van der Waals surface area contributed by atoms with Gasteiger partial charge in [-0.1, -0.05) is 32.6 Å². The van der Waals surface area contributed by atoms with E-state index >= 15 is 0 Å². The lowest BCUT2D eigenvalue weighted by atomic mass is 9.76. The Bertz CT molecular complexity index is 674. The summed E-state index contributed by atoms with van der Waals surface area (Å²) in [4.78, 5) is 17.3. The zero-order valence-corrected chi connectivity index (χ0v) is 16.4.